The van der Waals surface area contributed by atoms with Gasteiger partial charge < -0.3 is 19.5 Å². The summed E-state index contributed by atoms with van der Waals surface area (Å²) in [5.41, 5.74) is 0.690. The molecule has 9 heteroatoms. The number of hydrogen-bond acceptors (Lipinski definition) is 6. The average Bonchev–Trinajstić information content (AvgIpc) is 2.35. The Bertz CT molecular complexity index is 528. The van der Waals surface area contributed by atoms with Crippen LogP contribution in [0.4, 0.5) is 5.69 Å². The maximum absolute atomic E-state index is 10.7. The molecule has 21 heavy (non-hydrogen) atoms. The molecule has 1 atom stereocenters. The maximum atomic E-state index is 10.7. The van der Waals surface area contributed by atoms with Gasteiger partial charge in [0.05, 0.1) is 20.3 Å². The molecule has 2 N–H and O–H groups in total. The summed E-state index contributed by atoms with van der Waals surface area (Å²) in [6.07, 6.45) is -1.20. The zero-order valence-corrected chi connectivity index (χ0v) is 12.4. The summed E-state index contributed by atoms with van der Waals surface area (Å²) in [6, 6.07) is 5.15. The van der Waals surface area contributed by atoms with Crippen molar-refractivity contribution in [2.75, 3.05) is 38.5 Å². The van der Waals surface area contributed by atoms with Gasteiger partial charge in [0.1, 0.15) is 17.3 Å². The molecule has 0 aromatic heterocycles. The van der Waals surface area contributed by atoms with E-state index in [2.05, 4.69) is 0 Å². The number of hydrogen-bond donors (Lipinski definition) is 2. The normalized spacial score (nSPS) is 12.2. The van der Waals surface area contributed by atoms with Crippen LogP contribution in [0.5, 0.6) is 11.5 Å². The fraction of sp³-hybridized carbons (Fsp3) is 0.500. The van der Waals surface area contributed by atoms with Crippen LogP contribution in [0.25, 0.3) is 0 Å². The van der Waals surface area contributed by atoms with E-state index >= 15 is 0 Å². The van der Waals surface area contributed by atoms with E-state index in [1.165, 1.54) is 14.2 Å². The molecule has 1 aromatic rings. The Labute approximate surface area is 146 Å². The minimum absolute atomic E-state index is 0. The van der Waals surface area contributed by atoms with Crippen molar-refractivity contribution in [2.24, 2.45) is 0 Å². The molecule has 0 aliphatic carbocycles. The van der Waals surface area contributed by atoms with Crippen LogP contribution in [-0.2, 0) is 10.1 Å². The van der Waals surface area contributed by atoms with Gasteiger partial charge >= 0.3 is 29.6 Å². The standard InChI is InChI=1S/C12H19NO6S.Na.H/c1-13(7-10(14)8-20(15,16)17)9-4-11(18-2)6-12(5-9)19-3;;/h4-6,10,14H,7-8H2,1-3H3,(H,15,16,17);;. The zero-order valence-electron chi connectivity index (χ0n) is 11.6. The number of nitrogens with zero attached hydrogens (tertiary/aromatic N) is 1. The van der Waals surface area contributed by atoms with E-state index in [9.17, 15) is 13.5 Å². The molecule has 116 valence electrons. The molecule has 0 saturated heterocycles. The Morgan fingerprint density at radius 1 is 1.19 bits per heavy atom. The van der Waals surface area contributed by atoms with Gasteiger partial charge in [-0.05, 0) is 0 Å². The van der Waals surface area contributed by atoms with E-state index in [4.69, 9.17) is 14.0 Å². The number of likely N-dealkylation sites (N-methyl/N-ethyl adjacent to an activating group) is 1. The Morgan fingerprint density at radius 3 is 2.05 bits per heavy atom. The fourth-order valence-electron chi connectivity index (χ4n) is 1.73. The molecule has 0 aliphatic heterocycles. The third-order valence-corrected chi connectivity index (χ3v) is 3.47. The summed E-state index contributed by atoms with van der Waals surface area (Å²) in [4.78, 5) is 1.64. The fourth-order valence-corrected chi connectivity index (χ4v) is 2.32. The first-order valence-corrected chi connectivity index (χ1v) is 7.43. The average molecular weight is 329 g/mol. The van der Waals surface area contributed by atoms with Crippen molar-refractivity contribution in [3.8, 4) is 11.5 Å². The van der Waals surface area contributed by atoms with Crippen molar-refractivity contribution >= 4 is 45.4 Å². The predicted octanol–water partition coefficient (Wildman–Crippen LogP) is -0.260. The Hall–Kier alpha value is -0.510. The van der Waals surface area contributed by atoms with E-state index in [1.54, 1.807) is 30.1 Å². The van der Waals surface area contributed by atoms with Crippen LogP contribution in [0.15, 0.2) is 18.2 Å². The number of benzene rings is 1. The molecule has 0 spiro atoms. The van der Waals surface area contributed by atoms with E-state index in [1.807, 2.05) is 0 Å². The van der Waals surface area contributed by atoms with Crippen LogP contribution in [0.2, 0.25) is 0 Å². The molecule has 0 radical (unpaired) electrons. The Kier molecular flexibility index (Phi) is 8.60. The molecular weight excluding hydrogens is 309 g/mol. The van der Waals surface area contributed by atoms with Gasteiger partial charge in [0.15, 0.2) is 0 Å². The Morgan fingerprint density at radius 2 is 1.67 bits per heavy atom. The van der Waals surface area contributed by atoms with E-state index in [-0.39, 0.29) is 36.1 Å². The van der Waals surface area contributed by atoms with Crippen molar-refractivity contribution < 1.29 is 27.6 Å². The molecule has 7 nitrogen and oxygen atoms in total. The van der Waals surface area contributed by atoms with Crippen molar-refractivity contribution in [1.82, 2.24) is 0 Å². The van der Waals surface area contributed by atoms with Gasteiger partial charge in [0.25, 0.3) is 10.1 Å². The second-order valence-electron chi connectivity index (χ2n) is 4.35. The molecule has 0 heterocycles. The number of methoxy groups -OCH3 is 2. The predicted molar refractivity (Wildman–Crippen MR) is 82.4 cm³/mol. The van der Waals surface area contributed by atoms with Crippen LogP contribution in [0.3, 0.4) is 0 Å². The molecule has 0 bridgehead atoms. The SMILES string of the molecule is COc1cc(OC)cc(N(C)CC(O)CS(=O)(=O)O)c1.[NaH]. The molecule has 0 aliphatic rings. The van der Waals surface area contributed by atoms with Gasteiger partial charge in [-0.2, -0.15) is 8.42 Å². The molecule has 0 saturated carbocycles. The number of ether oxygens (including phenoxy) is 2. The summed E-state index contributed by atoms with van der Waals surface area (Å²) >= 11 is 0. The summed E-state index contributed by atoms with van der Waals surface area (Å²) in [6.45, 7) is 0.0378. The number of aliphatic hydroxyl groups is 1. The first-order valence-electron chi connectivity index (χ1n) is 5.82. The van der Waals surface area contributed by atoms with Crippen LogP contribution in [0.1, 0.15) is 0 Å². The number of rotatable bonds is 7. The quantitative estimate of drug-likeness (QED) is 0.525. The first kappa shape index (κ1) is 20.5. The molecule has 1 rings (SSSR count). The van der Waals surface area contributed by atoms with Crippen LogP contribution >= 0.6 is 0 Å². The summed E-state index contributed by atoms with van der Waals surface area (Å²) < 4.78 is 40.3. The van der Waals surface area contributed by atoms with Gasteiger partial charge in [-0.15, -0.1) is 0 Å². The summed E-state index contributed by atoms with van der Waals surface area (Å²) in [5.74, 6) is 0.448. The van der Waals surface area contributed by atoms with Crippen molar-refractivity contribution in [3.05, 3.63) is 18.2 Å². The third kappa shape index (κ3) is 7.35. The first-order chi connectivity index (χ1) is 9.25. The summed E-state index contributed by atoms with van der Waals surface area (Å²) in [5, 5.41) is 9.63. The van der Waals surface area contributed by atoms with Crippen LogP contribution in [-0.4, -0.2) is 87.3 Å². The second-order valence-corrected chi connectivity index (χ2v) is 5.85. The van der Waals surface area contributed by atoms with Crippen molar-refractivity contribution in [3.63, 3.8) is 0 Å². The number of aliphatic hydroxyl groups excluding tert-OH is 1. The Balaban J connectivity index is 0.00000400. The van der Waals surface area contributed by atoms with Gasteiger partial charge in [-0.3, -0.25) is 4.55 Å². The number of anilines is 1. The van der Waals surface area contributed by atoms with Crippen LogP contribution in [0, 0.1) is 0 Å². The molecule has 1 unspecified atom stereocenters. The van der Waals surface area contributed by atoms with Crippen molar-refractivity contribution in [2.45, 2.75) is 6.10 Å². The topological polar surface area (TPSA) is 96.3 Å². The summed E-state index contributed by atoms with van der Waals surface area (Å²) in [7, 11) is 0.518. The van der Waals surface area contributed by atoms with Crippen LogP contribution < -0.4 is 14.4 Å². The van der Waals surface area contributed by atoms with Crippen molar-refractivity contribution in [1.29, 1.82) is 0 Å². The zero-order chi connectivity index (χ0) is 15.3. The monoisotopic (exact) mass is 329 g/mol. The van der Waals surface area contributed by atoms with E-state index < -0.39 is 22.0 Å². The minimum atomic E-state index is -4.20. The van der Waals surface area contributed by atoms with Gasteiger partial charge in [0, 0.05) is 37.5 Å². The molecular formula is C12H20NNaO6S. The molecule has 1 aromatic carbocycles. The van der Waals surface area contributed by atoms with Gasteiger partial charge in [0.2, 0.25) is 0 Å². The molecule has 0 amide bonds. The van der Waals surface area contributed by atoms with E-state index in [0.717, 1.165) is 0 Å². The van der Waals surface area contributed by atoms with Gasteiger partial charge in [-0.25, -0.2) is 0 Å². The molecule has 0 fully saturated rings. The third-order valence-electron chi connectivity index (χ3n) is 2.66. The second kappa shape index (κ2) is 8.82. The van der Waals surface area contributed by atoms with E-state index in [0.29, 0.717) is 17.2 Å². The van der Waals surface area contributed by atoms with Gasteiger partial charge in [-0.1, -0.05) is 0 Å².